The lowest BCUT2D eigenvalue weighted by molar-refractivity contribution is -0.131. The second-order valence-electron chi connectivity index (χ2n) is 10.0. The summed E-state index contributed by atoms with van der Waals surface area (Å²) < 4.78 is 32.3. The van der Waals surface area contributed by atoms with Crippen molar-refractivity contribution in [2.24, 2.45) is 0 Å². The Balaban J connectivity index is 2.22. The van der Waals surface area contributed by atoms with Crippen LogP contribution in [-0.4, -0.2) is 49.4 Å². The third-order valence-electron chi connectivity index (χ3n) is 5.91. The molecule has 0 radical (unpaired) electrons. The van der Waals surface area contributed by atoms with Crippen LogP contribution in [0.5, 0.6) is 0 Å². The summed E-state index contributed by atoms with van der Waals surface area (Å²) in [5, 5.41) is 10.00. The van der Waals surface area contributed by atoms with Crippen LogP contribution in [0.1, 0.15) is 67.8 Å². The molecular formula is C26H30Cl2N2O6S. The van der Waals surface area contributed by atoms with E-state index in [4.69, 9.17) is 27.9 Å². The van der Waals surface area contributed by atoms with Gasteiger partial charge in [-0.15, -0.1) is 0 Å². The number of aliphatic carboxylic acids is 1. The largest absolute Gasteiger partial charge is 0.478 e. The normalized spacial score (nSPS) is 17.8. The zero-order valence-corrected chi connectivity index (χ0v) is 23.5. The molecule has 0 bridgehead atoms. The lowest BCUT2D eigenvalue weighted by atomic mass is 9.75. The molecule has 0 spiro atoms. The van der Waals surface area contributed by atoms with Crippen molar-refractivity contribution in [3.8, 4) is 0 Å². The maximum absolute atomic E-state index is 12.9. The predicted octanol–water partition coefficient (Wildman–Crippen LogP) is 6.30. The molecule has 2 N–H and O–H groups in total. The Morgan fingerprint density at radius 3 is 2.35 bits per heavy atom. The van der Waals surface area contributed by atoms with Gasteiger partial charge in [0.2, 0.25) is 10.0 Å². The first kappa shape index (κ1) is 28.8. The van der Waals surface area contributed by atoms with Gasteiger partial charge in [0.25, 0.3) is 0 Å². The molecule has 3 rings (SSSR count). The zero-order chi connectivity index (χ0) is 27.7. The molecule has 0 unspecified atom stereocenters. The molecule has 1 aliphatic carbocycles. The van der Waals surface area contributed by atoms with Gasteiger partial charge in [-0.1, -0.05) is 29.3 Å². The molecule has 2 aromatic rings. The highest BCUT2D eigenvalue weighted by molar-refractivity contribution is 7.92. The minimum Gasteiger partial charge on any atom is -0.478 e. The maximum atomic E-state index is 12.9. The van der Waals surface area contributed by atoms with Gasteiger partial charge in [-0.05, 0) is 86.2 Å². The lowest BCUT2D eigenvalue weighted by Gasteiger charge is -2.38. The molecule has 0 saturated carbocycles. The smallest absolute Gasteiger partial charge is 0.410 e. The van der Waals surface area contributed by atoms with Crippen LogP contribution in [0.15, 0.2) is 36.4 Å². The third-order valence-corrected chi connectivity index (χ3v) is 7.24. The van der Waals surface area contributed by atoms with E-state index in [0.717, 1.165) is 23.5 Å². The van der Waals surface area contributed by atoms with Crippen molar-refractivity contribution >= 4 is 57.1 Å². The van der Waals surface area contributed by atoms with Crippen LogP contribution in [-0.2, 0) is 19.6 Å². The summed E-state index contributed by atoms with van der Waals surface area (Å²) in [6, 6.07) is 8.36. The number of carboxylic acid groups (broad SMARTS) is 1. The quantitative estimate of drug-likeness (QED) is 0.395. The molecule has 0 heterocycles. The van der Waals surface area contributed by atoms with Gasteiger partial charge in [-0.2, -0.15) is 0 Å². The number of sulfonamides is 1. The zero-order valence-electron chi connectivity index (χ0n) is 21.2. The van der Waals surface area contributed by atoms with Crippen molar-refractivity contribution in [2.75, 3.05) is 18.0 Å². The van der Waals surface area contributed by atoms with Crippen LogP contribution in [0.3, 0.4) is 0 Å². The number of carbonyl (C=O) groups is 2. The number of nitrogens with one attached hydrogen (secondary N) is 1. The number of ether oxygens (including phenoxy) is 1. The van der Waals surface area contributed by atoms with E-state index in [1.165, 1.54) is 11.0 Å². The topological polar surface area (TPSA) is 113 Å². The molecule has 37 heavy (non-hydrogen) atoms. The number of rotatable bonds is 6. The first-order valence-electron chi connectivity index (χ1n) is 11.5. The van der Waals surface area contributed by atoms with Crippen molar-refractivity contribution in [3.63, 3.8) is 0 Å². The van der Waals surface area contributed by atoms with Crippen LogP contribution >= 0.6 is 23.2 Å². The molecular weight excluding hydrogens is 539 g/mol. The van der Waals surface area contributed by atoms with Crippen molar-refractivity contribution in [1.82, 2.24) is 4.90 Å². The van der Waals surface area contributed by atoms with Crippen molar-refractivity contribution in [3.05, 3.63) is 68.7 Å². The van der Waals surface area contributed by atoms with E-state index in [2.05, 4.69) is 4.72 Å². The van der Waals surface area contributed by atoms with Gasteiger partial charge < -0.3 is 14.7 Å². The minimum atomic E-state index is -3.69. The Morgan fingerprint density at radius 2 is 1.78 bits per heavy atom. The van der Waals surface area contributed by atoms with Crippen LogP contribution in [0.4, 0.5) is 10.5 Å². The van der Waals surface area contributed by atoms with Gasteiger partial charge in [-0.3, -0.25) is 4.72 Å². The highest BCUT2D eigenvalue weighted by Gasteiger charge is 2.35. The van der Waals surface area contributed by atoms with Crippen LogP contribution in [0, 0.1) is 0 Å². The number of nitrogens with zero attached hydrogens (tertiary/aromatic N) is 1. The molecule has 1 aliphatic rings. The average molecular weight is 570 g/mol. The molecule has 2 atom stereocenters. The van der Waals surface area contributed by atoms with E-state index in [1.54, 1.807) is 52.1 Å². The van der Waals surface area contributed by atoms with Gasteiger partial charge in [0.1, 0.15) is 5.60 Å². The van der Waals surface area contributed by atoms with Gasteiger partial charge >= 0.3 is 12.1 Å². The number of amides is 1. The van der Waals surface area contributed by atoms with E-state index >= 15 is 0 Å². The molecule has 8 nitrogen and oxygen atoms in total. The Bertz CT molecular complexity index is 1350. The summed E-state index contributed by atoms with van der Waals surface area (Å²) in [7, 11) is -2.04. The summed E-state index contributed by atoms with van der Waals surface area (Å²) in [5.74, 6) is -1.33. The Labute approximate surface area is 227 Å². The van der Waals surface area contributed by atoms with Gasteiger partial charge in [0.05, 0.1) is 28.0 Å². The van der Waals surface area contributed by atoms with Gasteiger partial charge in [0, 0.05) is 19.0 Å². The van der Waals surface area contributed by atoms with E-state index in [1.807, 2.05) is 6.07 Å². The third kappa shape index (κ3) is 7.40. The van der Waals surface area contributed by atoms with E-state index in [-0.39, 0.29) is 11.6 Å². The first-order chi connectivity index (χ1) is 17.1. The van der Waals surface area contributed by atoms with E-state index in [9.17, 15) is 23.1 Å². The predicted molar refractivity (Wildman–Crippen MR) is 146 cm³/mol. The molecule has 1 amide bonds. The Hall–Kier alpha value is -2.75. The number of carbonyl (C=O) groups excluding carboxylic acids is 1. The van der Waals surface area contributed by atoms with Crippen LogP contribution < -0.4 is 4.72 Å². The summed E-state index contributed by atoms with van der Waals surface area (Å²) in [6.45, 7) is 5.34. The van der Waals surface area contributed by atoms with Crippen molar-refractivity contribution in [1.29, 1.82) is 0 Å². The maximum Gasteiger partial charge on any atom is 0.410 e. The van der Waals surface area contributed by atoms with Crippen LogP contribution in [0.2, 0.25) is 10.0 Å². The van der Waals surface area contributed by atoms with E-state index < -0.39 is 33.7 Å². The second kappa shape index (κ2) is 10.9. The highest BCUT2D eigenvalue weighted by atomic mass is 35.5. The number of hydrogen-bond acceptors (Lipinski definition) is 5. The SMILES string of the molecule is CN(C(=O)OC(C)(C)C)[C@H]1CC[C@@H](c2ccc(Cl)c(Cl)c2)c2cc(/C=C/C(=O)O)c(NS(C)(=O)=O)cc21. The molecule has 11 heteroatoms. The first-order valence-corrected chi connectivity index (χ1v) is 14.2. The Kier molecular flexibility index (Phi) is 8.51. The standard InChI is InChI=1S/C26H30Cl2N2O6S/c1-26(2,3)36-25(33)30(4)23-10-8-17(15-6-9-20(27)21(28)13-15)18-12-16(7-11-24(31)32)22(14-19(18)23)29-37(5,34)35/h6-7,9,11-14,17,23,29H,8,10H2,1-5H3,(H,31,32)/b11-7+/t17-,23-/m0/s1. The van der Waals surface area contributed by atoms with Gasteiger partial charge in [0.15, 0.2) is 0 Å². The van der Waals surface area contributed by atoms with Crippen LogP contribution in [0.25, 0.3) is 6.08 Å². The second-order valence-corrected chi connectivity index (χ2v) is 12.6. The summed E-state index contributed by atoms with van der Waals surface area (Å²) >= 11 is 12.4. The number of benzene rings is 2. The molecule has 2 aromatic carbocycles. The lowest BCUT2D eigenvalue weighted by Crippen LogP contribution is -2.38. The van der Waals surface area contributed by atoms with E-state index in [0.29, 0.717) is 34.0 Å². The Morgan fingerprint density at radius 1 is 1.11 bits per heavy atom. The number of hydrogen-bond donors (Lipinski definition) is 2. The number of halogens is 2. The molecule has 0 aliphatic heterocycles. The monoisotopic (exact) mass is 568 g/mol. The number of carboxylic acids is 1. The molecule has 0 saturated heterocycles. The number of anilines is 1. The molecule has 200 valence electrons. The summed E-state index contributed by atoms with van der Waals surface area (Å²) in [6.07, 6.45) is 3.99. The number of fused-ring (bicyclic) bond motifs is 1. The van der Waals surface area contributed by atoms with Gasteiger partial charge in [-0.25, -0.2) is 18.0 Å². The average Bonchev–Trinajstić information content (AvgIpc) is 2.76. The molecule has 0 fully saturated rings. The summed E-state index contributed by atoms with van der Waals surface area (Å²) in [5.41, 5.74) is 2.31. The molecule has 0 aromatic heterocycles. The fourth-order valence-electron chi connectivity index (χ4n) is 4.40. The fraction of sp³-hybridized carbons (Fsp3) is 0.385. The van der Waals surface area contributed by atoms with Crippen molar-refractivity contribution < 1.29 is 27.9 Å². The fourth-order valence-corrected chi connectivity index (χ4v) is 5.29. The minimum absolute atomic E-state index is 0.155. The van der Waals surface area contributed by atoms with Crippen molar-refractivity contribution in [2.45, 2.75) is 51.2 Å². The summed E-state index contributed by atoms with van der Waals surface area (Å²) in [4.78, 5) is 25.7. The highest BCUT2D eigenvalue weighted by Crippen LogP contribution is 2.46.